The molecule has 1 aliphatic rings. The Morgan fingerprint density at radius 2 is 2.00 bits per heavy atom. The first-order valence-electron chi connectivity index (χ1n) is 7.35. The van der Waals surface area contributed by atoms with Crippen molar-refractivity contribution < 1.29 is 4.79 Å². The van der Waals surface area contributed by atoms with Crippen LogP contribution in [0.25, 0.3) is 0 Å². The molecule has 0 spiro atoms. The summed E-state index contributed by atoms with van der Waals surface area (Å²) >= 11 is 2.03. The first-order valence-corrected chi connectivity index (χ1v) is 8.40. The van der Waals surface area contributed by atoms with E-state index < -0.39 is 0 Å². The van der Waals surface area contributed by atoms with Crippen LogP contribution in [0.5, 0.6) is 0 Å². The number of nitrogens with one attached hydrogen (secondary N) is 2. The molecule has 3 nitrogen and oxygen atoms in total. The number of carbonyl (C=O) groups is 1. The van der Waals surface area contributed by atoms with E-state index in [0.29, 0.717) is 11.3 Å². The Labute approximate surface area is 125 Å². The van der Waals surface area contributed by atoms with Crippen LogP contribution >= 0.6 is 11.8 Å². The van der Waals surface area contributed by atoms with Crippen LogP contribution in [0.1, 0.15) is 44.0 Å². The summed E-state index contributed by atoms with van der Waals surface area (Å²) in [5, 5.41) is 7.14. The van der Waals surface area contributed by atoms with Gasteiger partial charge in [0, 0.05) is 28.6 Å². The molecular formula is C16H24N2OS. The van der Waals surface area contributed by atoms with Gasteiger partial charge in [0.1, 0.15) is 0 Å². The Bertz CT molecular complexity index is 444. The van der Waals surface area contributed by atoms with Gasteiger partial charge in [0.15, 0.2) is 0 Å². The predicted octanol–water partition coefficient (Wildman–Crippen LogP) is 3.52. The molecule has 0 saturated carbocycles. The molecule has 4 heteroatoms. The molecule has 1 amide bonds. The topological polar surface area (TPSA) is 41.1 Å². The second kappa shape index (κ2) is 7.02. The summed E-state index contributed by atoms with van der Waals surface area (Å²) in [6.07, 6.45) is 2.51. The van der Waals surface area contributed by atoms with E-state index in [1.54, 1.807) is 0 Å². The van der Waals surface area contributed by atoms with Gasteiger partial charge in [-0.3, -0.25) is 4.79 Å². The average molecular weight is 292 g/mol. The lowest BCUT2D eigenvalue weighted by Crippen LogP contribution is -2.32. The zero-order valence-electron chi connectivity index (χ0n) is 12.5. The molecule has 2 rings (SSSR count). The molecule has 1 fully saturated rings. The average Bonchev–Trinajstić information content (AvgIpc) is 2.41. The van der Waals surface area contributed by atoms with Crippen molar-refractivity contribution in [3.05, 3.63) is 29.8 Å². The van der Waals surface area contributed by atoms with Crippen molar-refractivity contribution in [1.29, 1.82) is 0 Å². The van der Waals surface area contributed by atoms with Gasteiger partial charge in [-0.15, -0.1) is 0 Å². The van der Waals surface area contributed by atoms with Crippen LogP contribution in [0.2, 0.25) is 0 Å². The Morgan fingerprint density at radius 1 is 1.30 bits per heavy atom. The van der Waals surface area contributed by atoms with Crippen molar-refractivity contribution in [2.24, 2.45) is 0 Å². The van der Waals surface area contributed by atoms with Crippen molar-refractivity contribution in [2.75, 3.05) is 11.1 Å². The number of thioether (sulfide) groups is 1. The summed E-state index contributed by atoms with van der Waals surface area (Å²) in [6.45, 7) is 6.22. The number of hydrogen-bond acceptors (Lipinski definition) is 3. The molecule has 1 heterocycles. The zero-order valence-corrected chi connectivity index (χ0v) is 13.3. The van der Waals surface area contributed by atoms with Crippen LogP contribution < -0.4 is 10.6 Å². The summed E-state index contributed by atoms with van der Waals surface area (Å²) in [4.78, 5) is 11.9. The standard InChI is InChI=1S/C16H24N2OS/c1-11(2)17-16(19)13-6-8-14(9-7-13)18-15-5-4-10-20-12(15)3/h6-9,11-12,15,18H,4-5,10H2,1-3H3,(H,17,19). The number of amides is 1. The van der Waals surface area contributed by atoms with Gasteiger partial charge in [0.2, 0.25) is 0 Å². The molecule has 1 aromatic carbocycles. The highest BCUT2D eigenvalue weighted by atomic mass is 32.2. The molecule has 0 bridgehead atoms. The Kier molecular flexibility index (Phi) is 5.35. The van der Waals surface area contributed by atoms with Gasteiger partial charge in [-0.1, -0.05) is 6.92 Å². The number of carbonyl (C=O) groups excluding carboxylic acids is 1. The van der Waals surface area contributed by atoms with Gasteiger partial charge in [0.25, 0.3) is 5.91 Å². The smallest absolute Gasteiger partial charge is 0.251 e. The largest absolute Gasteiger partial charge is 0.381 e. The van der Waals surface area contributed by atoms with Crippen molar-refractivity contribution in [3.63, 3.8) is 0 Å². The summed E-state index contributed by atoms with van der Waals surface area (Å²) in [5.74, 6) is 1.27. The van der Waals surface area contributed by atoms with Crippen LogP contribution in [0.3, 0.4) is 0 Å². The van der Waals surface area contributed by atoms with Gasteiger partial charge < -0.3 is 10.6 Å². The van der Waals surface area contributed by atoms with Crippen molar-refractivity contribution in [3.8, 4) is 0 Å². The van der Waals surface area contributed by atoms with Gasteiger partial charge in [-0.25, -0.2) is 0 Å². The fourth-order valence-corrected chi connectivity index (χ4v) is 3.53. The summed E-state index contributed by atoms with van der Waals surface area (Å²) in [5.41, 5.74) is 1.82. The quantitative estimate of drug-likeness (QED) is 0.892. The van der Waals surface area contributed by atoms with Crippen LogP contribution in [0.4, 0.5) is 5.69 Å². The summed E-state index contributed by atoms with van der Waals surface area (Å²) in [7, 11) is 0. The molecule has 0 aromatic heterocycles. The van der Waals surface area contributed by atoms with Gasteiger partial charge in [-0.05, 0) is 56.7 Å². The van der Waals surface area contributed by atoms with E-state index in [9.17, 15) is 4.79 Å². The third-order valence-electron chi connectivity index (χ3n) is 3.53. The van der Waals surface area contributed by atoms with Gasteiger partial charge in [0.05, 0.1) is 0 Å². The Hall–Kier alpha value is -1.16. The van der Waals surface area contributed by atoms with E-state index >= 15 is 0 Å². The minimum Gasteiger partial charge on any atom is -0.381 e. The highest BCUT2D eigenvalue weighted by Gasteiger charge is 2.21. The normalized spacial score (nSPS) is 22.6. The van der Waals surface area contributed by atoms with E-state index in [0.717, 1.165) is 11.3 Å². The highest BCUT2D eigenvalue weighted by molar-refractivity contribution is 8.00. The lowest BCUT2D eigenvalue weighted by molar-refractivity contribution is 0.0943. The second-order valence-corrected chi connectivity index (χ2v) is 7.16. The van der Waals surface area contributed by atoms with Crippen molar-refractivity contribution >= 4 is 23.4 Å². The molecule has 0 aliphatic carbocycles. The highest BCUT2D eigenvalue weighted by Crippen LogP contribution is 2.27. The monoisotopic (exact) mass is 292 g/mol. The third-order valence-corrected chi connectivity index (χ3v) is 4.90. The van der Waals surface area contributed by atoms with Crippen molar-refractivity contribution in [2.45, 2.75) is 50.9 Å². The molecular weight excluding hydrogens is 268 g/mol. The molecule has 1 aromatic rings. The van der Waals surface area contributed by atoms with Crippen LogP contribution in [-0.4, -0.2) is 29.0 Å². The maximum absolute atomic E-state index is 11.9. The van der Waals surface area contributed by atoms with Crippen LogP contribution in [-0.2, 0) is 0 Å². The van der Waals surface area contributed by atoms with E-state index in [-0.39, 0.29) is 11.9 Å². The van der Waals surface area contributed by atoms with Crippen molar-refractivity contribution in [1.82, 2.24) is 5.32 Å². The molecule has 0 radical (unpaired) electrons. The minimum absolute atomic E-state index is 0.00635. The van der Waals surface area contributed by atoms with Crippen LogP contribution in [0, 0.1) is 0 Å². The second-order valence-electron chi connectivity index (χ2n) is 5.67. The molecule has 1 aliphatic heterocycles. The molecule has 2 N–H and O–H groups in total. The first kappa shape index (κ1) is 15.2. The SMILES string of the molecule is CC(C)NC(=O)c1ccc(NC2CCCSC2C)cc1. The number of benzene rings is 1. The molecule has 1 saturated heterocycles. The number of anilines is 1. The maximum Gasteiger partial charge on any atom is 0.251 e. The maximum atomic E-state index is 11.9. The van der Waals surface area contributed by atoms with Gasteiger partial charge >= 0.3 is 0 Å². The lowest BCUT2D eigenvalue weighted by atomic mass is 10.1. The minimum atomic E-state index is -0.00635. The number of hydrogen-bond donors (Lipinski definition) is 2. The van der Waals surface area contributed by atoms with Gasteiger partial charge in [-0.2, -0.15) is 11.8 Å². The first-order chi connectivity index (χ1) is 9.56. The number of rotatable bonds is 4. The Balaban J connectivity index is 1.95. The molecule has 20 heavy (non-hydrogen) atoms. The van der Waals surface area contributed by atoms with Crippen LogP contribution in [0.15, 0.2) is 24.3 Å². The third kappa shape index (κ3) is 4.17. The lowest BCUT2D eigenvalue weighted by Gasteiger charge is -2.30. The van der Waals surface area contributed by atoms with E-state index in [1.165, 1.54) is 18.6 Å². The fraction of sp³-hybridized carbons (Fsp3) is 0.562. The molecule has 2 atom stereocenters. The van der Waals surface area contributed by atoms with E-state index in [2.05, 4.69) is 17.6 Å². The fourth-order valence-electron chi connectivity index (χ4n) is 2.39. The molecule has 110 valence electrons. The predicted molar refractivity (Wildman–Crippen MR) is 87.6 cm³/mol. The van der Waals surface area contributed by atoms with E-state index in [4.69, 9.17) is 0 Å². The molecule has 2 unspecified atom stereocenters. The summed E-state index contributed by atoms with van der Waals surface area (Å²) < 4.78 is 0. The van der Waals surface area contributed by atoms with E-state index in [1.807, 2.05) is 49.9 Å². The zero-order chi connectivity index (χ0) is 14.5. The Morgan fingerprint density at radius 3 is 2.60 bits per heavy atom. The summed E-state index contributed by atoms with van der Waals surface area (Å²) in [6, 6.07) is 8.48.